The Bertz CT molecular complexity index is 328. The molecule has 1 aliphatic carbocycles. The molecule has 0 aliphatic heterocycles. The van der Waals surface area contributed by atoms with Crippen molar-refractivity contribution >= 4 is 0 Å². The Kier molecular flexibility index (Phi) is 4.19. The van der Waals surface area contributed by atoms with E-state index in [1.807, 2.05) is 0 Å². The van der Waals surface area contributed by atoms with Crippen molar-refractivity contribution in [2.24, 2.45) is 5.73 Å². The van der Waals surface area contributed by atoms with Crippen LogP contribution >= 0.6 is 0 Å². The predicted molar refractivity (Wildman–Crippen MR) is 71.1 cm³/mol. The molecule has 17 heavy (non-hydrogen) atoms. The average Bonchev–Trinajstić information content (AvgIpc) is 2.41. The molecule has 0 spiro atoms. The molecule has 94 valence electrons. The summed E-state index contributed by atoms with van der Waals surface area (Å²) in [5.41, 5.74) is 7.31. The lowest BCUT2D eigenvalue weighted by Crippen LogP contribution is -2.43. The summed E-state index contributed by atoms with van der Waals surface area (Å²) in [6, 6.07) is 10.8. The van der Waals surface area contributed by atoms with Gasteiger partial charge in [-0.15, -0.1) is 0 Å². The molecule has 2 heteroatoms. The molecule has 0 unspecified atom stereocenters. The van der Waals surface area contributed by atoms with E-state index in [0.29, 0.717) is 12.5 Å². The van der Waals surface area contributed by atoms with Gasteiger partial charge in [0.15, 0.2) is 0 Å². The van der Waals surface area contributed by atoms with Gasteiger partial charge in [0.1, 0.15) is 0 Å². The van der Waals surface area contributed by atoms with Gasteiger partial charge >= 0.3 is 0 Å². The zero-order chi connectivity index (χ0) is 12.1. The molecule has 0 atom stereocenters. The van der Waals surface area contributed by atoms with E-state index in [-0.39, 0.29) is 5.60 Å². The smallest absolute Gasteiger partial charge is 0.0804 e. The van der Waals surface area contributed by atoms with Gasteiger partial charge in [-0.05, 0) is 44.1 Å². The molecule has 0 bridgehead atoms. The van der Waals surface area contributed by atoms with Gasteiger partial charge in [-0.1, -0.05) is 30.3 Å². The topological polar surface area (TPSA) is 35.2 Å². The Morgan fingerprint density at radius 2 is 1.88 bits per heavy atom. The van der Waals surface area contributed by atoms with Crippen LogP contribution in [0, 0.1) is 0 Å². The fourth-order valence-electron chi connectivity index (χ4n) is 2.92. The fourth-order valence-corrected chi connectivity index (χ4v) is 2.92. The van der Waals surface area contributed by atoms with Crippen molar-refractivity contribution in [2.75, 3.05) is 13.2 Å². The predicted octanol–water partition coefficient (Wildman–Crippen LogP) is 3.08. The molecule has 1 aromatic rings. The molecule has 2 N–H and O–H groups in total. The van der Waals surface area contributed by atoms with Crippen LogP contribution in [0.1, 0.15) is 44.1 Å². The molecule has 1 fully saturated rings. The van der Waals surface area contributed by atoms with E-state index in [0.717, 1.165) is 19.4 Å². The molecule has 0 amide bonds. The first kappa shape index (κ1) is 12.6. The van der Waals surface area contributed by atoms with E-state index in [2.05, 4.69) is 37.3 Å². The fraction of sp³-hybridized carbons (Fsp3) is 0.600. The summed E-state index contributed by atoms with van der Waals surface area (Å²) in [6.45, 7) is 3.48. The van der Waals surface area contributed by atoms with Crippen LogP contribution in [0.25, 0.3) is 0 Å². The second-order valence-electron chi connectivity index (χ2n) is 5.01. The van der Waals surface area contributed by atoms with E-state index in [4.69, 9.17) is 10.5 Å². The van der Waals surface area contributed by atoms with Crippen molar-refractivity contribution in [3.63, 3.8) is 0 Å². The lowest BCUT2D eigenvalue weighted by atomic mass is 9.76. The van der Waals surface area contributed by atoms with Crippen LogP contribution in [0.5, 0.6) is 0 Å². The van der Waals surface area contributed by atoms with Crippen molar-refractivity contribution in [1.29, 1.82) is 0 Å². The van der Waals surface area contributed by atoms with Gasteiger partial charge in [0, 0.05) is 13.2 Å². The first-order valence-corrected chi connectivity index (χ1v) is 6.68. The normalized spacial score (nSPS) is 29.2. The minimum atomic E-state index is -0.0416. The van der Waals surface area contributed by atoms with Gasteiger partial charge in [0.25, 0.3) is 0 Å². The van der Waals surface area contributed by atoms with Crippen LogP contribution in [0.15, 0.2) is 30.3 Å². The van der Waals surface area contributed by atoms with Crippen molar-refractivity contribution in [3.05, 3.63) is 35.9 Å². The maximum absolute atomic E-state index is 5.88. The van der Waals surface area contributed by atoms with Gasteiger partial charge < -0.3 is 10.5 Å². The van der Waals surface area contributed by atoms with E-state index in [9.17, 15) is 0 Å². The second-order valence-corrected chi connectivity index (χ2v) is 5.01. The van der Waals surface area contributed by atoms with Crippen molar-refractivity contribution in [3.8, 4) is 0 Å². The van der Waals surface area contributed by atoms with Crippen LogP contribution in [-0.2, 0) is 4.74 Å². The molecule has 0 aromatic heterocycles. The van der Waals surface area contributed by atoms with Gasteiger partial charge in [-0.25, -0.2) is 0 Å². The molecular weight excluding hydrogens is 210 g/mol. The van der Waals surface area contributed by atoms with Gasteiger partial charge in [-0.2, -0.15) is 0 Å². The van der Waals surface area contributed by atoms with Crippen LogP contribution in [0.3, 0.4) is 0 Å². The zero-order valence-electron chi connectivity index (χ0n) is 10.7. The third-order valence-electron chi connectivity index (χ3n) is 3.99. The van der Waals surface area contributed by atoms with E-state index in [1.165, 1.54) is 18.4 Å². The maximum Gasteiger partial charge on any atom is 0.0804 e. The third kappa shape index (κ3) is 2.88. The summed E-state index contributed by atoms with van der Waals surface area (Å²) in [6.07, 6.45) is 4.58. The standard InChI is InChI=1S/C15H23NO/c1-2-17-15(12-16)10-8-14(9-11-15)13-6-4-3-5-7-13/h3-7,14H,2,8-12,16H2,1H3. The molecule has 0 heterocycles. The quantitative estimate of drug-likeness (QED) is 0.867. The molecule has 1 saturated carbocycles. The Labute approximate surface area is 104 Å². The number of nitrogens with two attached hydrogens (primary N) is 1. The van der Waals surface area contributed by atoms with Crippen LogP contribution < -0.4 is 5.73 Å². The number of benzene rings is 1. The summed E-state index contributed by atoms with van der Waals surface area (Å²) in [5.74, 6) is 0.691. The molecule has 1 aromatic carbocycles. The highest BCUT2D eigenvalue weighted by molar-refractivity contribution is 5.20. The number of rotatable bonds is 4. The Balaban J connectivity index is 1.98. The Morgan fingerprint density at radius 3 is 2.41 bits per heavy atom. The average molecular weight is 233 g/mol. The van der Waals surface area contributed by atoms with Crippen LogP contribution in [-0.4, -0.2) is 18.8 Å². The highest BCUT2D eigenvalue weighted by Gasteiger charge is 2.34. The maximum atomic E-state index is 5.88. The molecule has 0 radical (unpaired) electrons. The molecule has 0 saturated heterocycles. The highest BCUT2D eigenvalue weighted by Crippen LogP contribution is 2.39. The monoisotopic (exact) mass is 233 g/mol. The summed E-state index contributed by atoms with van der Waals surface area (Å²) < 4.78 is 5.88. The van der Waals surface area contributed by atoms with Gasteiger partial charge in [0.05, 0.1) is 5.60 Å². The lowest BCUT2D eigenvalue weighted by Gasteiger charge is -2.39. The Morgan fingerprint density at radius 1 is 1.24 bits per heavy atom. The second kappa shape index (κ2) is 5.65. The number of hydrogen-bond donors (Lipinski definition) is 1. The molecule has 2 nitrogen and oxygen atoms in total. The van der Waals surface area contributed by atoms with E-state index < -0.39 is 0 Å². The van der Waals surface area contributed by atoms with Gasteiger partial charge in [0.2, 0.25) is 0 Å². The van der Waals surface area contributed by atoms with Crippen LogP contribution in [0.2, 0.25) is 0 Å². The number of ether oxygens (including phenoxy) is 1. The first-order chi connectivity index (χ1) is 8.29. The van der Waals surface area contributed by atoms with Crippen molar-refractivity contribution < 1.29 is 4.74 Å². The highest BCUT2D eigenvalue weighted by atomic mass is 16.5. The first-order valence-electron chi connectivity index (χ1n) is 6.68. The van der Waals surface area contributed by atoms with Crippen molar-refractivity contribution in [1.82, 2.24) is 0 Å². The van der Waals surface area contributed by atoms with E-state index >= 15 is 0 Å². The largest absolute Gasteiger partial charge is 0.374 e. The zero-order valence-corrected chi connectivity index (χ0v) is 10.7. The SMILES string of the molecule is CCOC1(CN)CCC(c2ccccc2)CC1. The molecule has 2 rings (SSSR count). The minimum Gasteiger partial charge on any atom is -0.374 e. The summed E-state index contributed by atoms with van der Waals surface area (Å²) in [5, 5.41) is 0. The van der Waals surface area contributed by atoms with Crippen molar-refractivity contribution in [2.45, 2.75) is 44.1 Å². The lowest BCUT2D eigenvalue weighted by molar-refractivity contribution is -0.0604. The number of hydrogen-bond acceptors (Lipinski definition) is 2. The third-order valence-corrected chi connectivity index (χ3v) is 3.99. The summed E-state index contributed by atoms with van der Waals surface area (Å²) in [4.78, 5) is 0. The molecular formula is C15H23NO. The molecule has 1 aliphatic rings. The Hall–Kier alpha value is -0.860. The van der Waals surface area contributed by atoms with E-state index in [1.54, 1.807) is 0 Å². The minimum absolute atomic E-state index is 0.0416. The summed E-state index contributed by atoms with van der Waals surface area (Å²) >= 11 is 0. The van der Waals surface area contributed by atoms with Crippen LogP contribution in [0.4, 0.5) is 0 Å². The summed E-state index contributed by atoms with van der Waals surface area (Å²) in [7, 11) is 0. The van der Waals surface area contributed by atoms with Gasteiger partial charge in [-0.3, -0.25) is 0 Å².